The van der Waals surface area contributed by atoms with Crippen LogP contribution in [0.1, 0.15) is 0 Å². The lowest BCUT2D eigenvalue weighted by molar-refractivity contribution is 1.34. The first-order valence-corrected chi connectivity index (χ1v) is 5.96. The largest absolute Gasteiger partial charge is 0.398 e. The monoisotopic (exact) mass is 288 g/mol. The predicted molar refractivity (Wildman–Crippen MR) is 74.2 cm³/mol. The Kier molecular flexibility index (Phi) is 2.19. The molecule has 0 aliphatic rings. The van der Waals surface area contributed by atoms with Gasteiger partial charge in [0.1, 0.15) is 0 Å². The lowest BCUT2D eigenvalue weighted by atomic mass is 10.1. The maximum atomic E-state index is 11.9. The Morgan fingerprint density at radius 1 is 1.06 bits per heavy atom. The normalized spacial score (nSPS) is 11.1. The number of anilines is 1. The van der Waals surface area contributed by atoms with Gasteiger partial charge in [-0.05, 0) is 39.5 Å². The molecule has 3 nitrogen and oxygen atoms in total. The van der Waals surface area contributed by atoms with Gasteiger partial charge in [0.15, 0.2) is 0 Å². The van der Waals surface area contributed by atoms with E-state index in [2.05, 4.69) is 20.9 Å². The highest BCUT2D eigenvalue weighted by Gasteiger charge is 2.06. The Bertz CT molecular complexity index is 792. The molecule has 0 aliphatic heterocycles. The van der Waals surface area contributed by atoms with E-state index in [1.54, 1.807) is 0 Å². The van der Waals surface area contributed by atoms with Crippen LogP contribution in [0.5, 0.6) is 0 Å². The van der Waals surface area contributed by atoms with E-state index in [-0.39, 0.29) is 5.56 Å². The third kappa shape index (κ3) is 1.52. The van der Waals surface area contributed by atoms with E-state index in [1.165, 1.54) is 0 Å². The summed E-state index contributed by atoms with van der Waals surface area (Å²) in [5, 5.41) is 2.56. The molecule has 4 heteroatoms. The van der Waals surface area contributed by atoms with Gasteiger partial charge in [-0.1, -0.05) is 18.2 Å². The van der Waals surface area contributed by atoms with Crippen LogP contribution in [-0.2, 0) is 0 Å². The third-order valence-corrected chi connectivity index (χ3v) is 3.53. The van der Waals surface area contributed by atoms with Gasteiger partial charge in [0.05, 0.1) is 5.52 Å². The van der Waals surface area contributed by atoms with E-state index in [4.69, 9.17) is 5.73 Å². The van der Waals surface area contributed by atoms with Crippen molar-refractivity contribution in [2.24, 2.45) is 0 Å². The lowest BCUT2D eigenvalue weighted by Crippen LogP contribution is -2.06. The zero-order valence-electron chi connectivity index (χ0n) is 8.83. The van der Waals surface area contributed by atoms with Gasteiger partial charge in [0, 0.05) is 20.9 Å². The summed E-state index contributed by atoms with van der Waals surface area (Å²) in [5.74, 6) is 0. The van der Waals surface area contributed by atoms with Gasteiger partial charge < -0.3 is 10.7 Å². The first kappa shape index (κ1) is 10.4. The van der Waals surface area contributed by atoms with Crippen LogP contribution in [0.25, 0.3) is 21.7 Å². The number of halogens is 1. The topological polar surface area (TPSA) is 58.9 Å². The molecule has 0 amide bonds. The molecule has 0 radical (unpaired) electrons. The number of hydrogen-bond acceptors (Lipinski definition) is 2. The van der Waals surface area contributed by atoms with E-state index >= 15 is 0 Å². The van der Waals surface area contributed by atoms with Crippen molar-refractivity contribution in [3.05, 3.63) is 51.2 Å². The fraction of sp³-hybridized carbons (Fsp3) is 0. The number of nitrogens with one attached hydrogen (secondary N) is 1. The van der Waals surface area contributed by atoms with Crippen molar-refractivity contribution in [3.8, 4) is 0 Å². The zero-order valence-corrected chi connectivity index (χ0v) is 10.4. The van der Waals surface area contributed by atoms with Crippen LogP contribution in [0, 0.1) is 0 Å². The van der Waals surface area contributed by atoms with Gasteiger partial charge >= 0.3 is 0 Å². The second-order valence-corrected chi connectivity index (χ2v) is 4.77. The minimum atomic E-state index is -0.0789. The molecule has 17 heavy (non-hydrogen) atoms. The van der Waals surface area contributed by atoms with E-state index in [0.29, 0.717) is 11.1 Å². The molecule has 3 rings (SSSR count). The lowest BCUT2D eigenvalue weighted by Gasteiger charge is -2.06. The summed E-state index contributed by atoms with van der Waals surface area (Å²) in [6, 6.07) is 11.2. The van der Waals surface area contributed by atoms with Gasteiger partial charge in [-0.15, -0.1) is 0 Å². The minimum absolute atomic E-state index is 0.0789. The summed E-state index contributed by atoms with van der Waals surface area (Å²) in [4.78, 5) is 14.7. The summed E-state index contributed by atoms with van der Waals surface area (Å²) < 4.78 is 0.788. The second kappa shape index (κ2) is 3.60. The molecule has 2 aromatic carbocycles. The number of nitrogen functional groups attached to an aromatic ring is 1. The Balaban J connectivity index is 2.64. The van der Waals surface area contributed by atoms with Gasteiger partial charge in [-0.2, -0.15) is 0 Å². The van der Waals surface area contributed by atoms with Crippen molar-refractivity contribution in [2.45, 2.75) is 0 Å². The molecule has 0 aliphatic carbocycles. The quantitative estimate of drug-likeness (QED) is 0.493. The molecule has 0 bridgehead atoms. The van der Waals surface area contributed by atoms with Crippen molar-refractivity contribution >= 4 is 43.3 Å². The number of pyridine rings is 1. The smallest absolute Gasteiger partial charge is 0.256 e. The van der Waals surface area contributed by atoms with E-state index in [9.17, 15) is 4.79 Å². The standard InChI is InChI=1S/C13H9BrN2O/c14-10-6-12-9(5-11(10)15)7-3-1-2-4-8(7)13(17)16-12/h1-6H,15H2,(H,16,17). The van der Waals surface area contributed by atoms with Crippen molar-refractivity contribution in [1.29, 1.82) is 0 Å². The number of H-pyrrole nitrogens is 1. The predicted octanol–water partition coefficient (Wildman–Crippen LogP) is 3.03. The molecule has 3 aromatic rings. The van der Waals surface area contributed by atoms with Crippen LogP contribution in [0.3, 0.4) is 0 Å². The first-order chi connectivity index (χ1) is 8.16. The van der Waals surface area contributed by atoms with Gasteiger partial charge in [0.25, 0.3) is 5.56 Å². The summed E-state index contributed by atoms with van der Waals surface area (Å²) in [5.41, 5.74) is 7.25. The fourth-order valence-corrected chi connectivity index (χ4v) is 2.37. The summed E-state index contributed by atoms with van der Waals surface area (Å²) in [7, 11) is 0. The van der Waals surface area contributed by atoms with Crippen molar-refractivity contribution in [3.63, 3.8) is 0 Å². The molecular formula is C13H9BrN2O. The van der Waals surface area contributed by atoms with Gasteiger partial charge in [-0.3, -0.25) is 4.79 Å². The molecule has 0 unspecified atom stereocenters. The Morgan fingerprint density at radius 2 is 1.76 bits per heavy atom. The molecule has 1 aromatic heterocycles. The first-order valence-electron chi connectivity index (χ1n) is 5.16. The number of rotatable bonds is 0. The molecular weight excluding hydrogens is 280 g/mol. The summed E-state index contributed by atoms with van der Waals surface area (Å²) in [6.07, 6.45) is 0. The van der Waals surface area contributed by atoms with Gasteiger partial charge in [0.2, 0.25) is 0 Å². The third-order valence-electron chi connectivity index (χ3n) is 2.85. The van der Waals surface area contributed by atoms with Crippen LogP contribution in [-0.4, -0.2) is 4.98 Å². The van der Waals surface area contributed by atoms with E-state index in [1.807, 2.05) is 36.4 Å². The number of hydrogen-bond donors (Lipinski definition) is 2. The Hall–Kier alpha value is -1.81. The van der Waals surface area contributed by atoms with Crippen LogP contribution < -0.4 is 11.3 Å². The number of fused-ring (bicyclic) bond motifs is 3. The average molecular weight is 289 g/mol. The van der Waals surface area contributed by atoms with Crippen LogP contribution >= 0.6 is 15.9 Å². The fourth-order valence-electron chi connectivity index (χ4n) is 2.02. The highest BCUT2D eigenvalue weighted by molar-refractivity contribution is 9.10. The summed E-state index contributed by atoms with van der Waals surface area (Å²) >= 11 is 3.36. The highest BCUT2D eigenvalue weighted by atomic mass is 79.9. The van der Waals surface area contributed by atoms with Crippen molar-refractivity contribution in [2.75, 3.05) is 5.73 Å². The highest BCUT2D eigenvalue weighted by Crippen LogP contribution is 2.28. The van der Waals surface area contributed by atoms with Gasteiger partial charge in [-0.25, -0.2) is 0 Å². The molecule has 0 fully saturated rings. The molecule has 0 saturated carbocycles. The van der Waals surface area contributed by atoms with Crippen molar-refractivity contribution in [1.82, 2.24) is 4.98 Å². The van der Waals surface area contributed by atoms with Crippen LogP contribution in [0.2, 0.25) is 0 Å². The molecule has 1 heterocycles. The van der Waals surface area contributed by atoms with E-state index in [0.717, 1.165) is 20.8 Å². The second-order valence-electron chi connectivity index (χ2n) is 3.92. The number of benzene rings is 2. The minimum Gasteiger partial charge on any atom is -0.398 e. The van der Waals surface area contributed by atoms with Crippen LogP contribution in [0.4, 0.5) is 5.69 Å². The van der Waals surface area contributed by atoms with Crippen molar-refractivity contribution < 1.29 is 0 Å². The number of aromatic amines is 1. The number of aromatic nitrogens is 1. The molecule has 0 saturated heterocycles. The number of nitrogens with two attached hydrogens (primary N) is 1. The molecule has 84 valence electrons. The molecule has 3 N–H and O–H groups in total. The zero-order chi connectivity index (χ0) is 12.0. The summed E-state index contributed by atoms with van der Waals surface area (Å²) in [6.45, 7) is 0. The molecule has 0 spiro atoms. The Labute approximate surface area is 105 Å². The molecule has 0 atom stereocenters. The maximum absolute atomic E-state index is 11.9. The van der Waals surface area contributed by atoms with E-state index < -0.39 is 0 Å². The Morgan fingerprint density at radius 3 is 2.53 bits per heavy atom. The average Bonchev–Trinajstić information content (AvgIpc) is 2.32. The van der Waals surface area contributed by atoms with Crippen LogP contribution in [0.15, 0.2) is 45.7 Å². The maximum Gasteiger partial charge on any atom is 0.256 e. The SMILES string of the molecule is Nc1cc2c(cc1Br)[nH]c(=O)c1ccccc12.